The van der Waals surface area contributed by atoms with Crippen LogP contribution in [0.25, 0.3) is 11.3 Å². The number of H-pyrrole nitrogens is 1. The van der Waals surface area contributed by atoms with Crippen LogP contribution in [0.3, 0.4) is 0 Å². The normalized spacial score (nSPS) is 17.9. The van der Waals surface area contributed by atoms with E-state index in [2.05, 4.69) is 25.4 Å². The number of nitrogens with one attached hydrogen (secondary N) is 2. The first-order chi connectivity index (χ1) is 15.0. The van der Waals surface area contributed by atoms with Crippen LogP contribution in [0.15, 0.2) is 48.8 Å². The molecule has 2 N–H and O–H groups in total. The molecule has 31 heavy (non-hydrogen) atoms. The largest absolute Gasteiger partial charge is 0.490 e. The summed E-state index contributed by atoms with van der Waals surface area (Å²) in [6.45, 7) is 3.40. The number of aryl methyl sites for hydroxylation is 1. The number of para-hydroxylation sites is 2. The Balaban J connectivity index is 1.52. The van der Waals surface area contributed by atoms with Gasteiger partial charge in [0, 0.05) is 35.8 Å². The highest BCUT2D eigenvalue weighted by molar-refractivity contribution is 5.96. The van der Waals surface area contributed by atoms with Crippen molar-refractivity contribution in [2.75, 3.05) is 32.6 Å². The van der Waals surface area contributed by atoms with Crippen LogP contribution >= 0.6 is 0 Å². The molecule has 2 heterocycles. The van der Waals surface area contributed by atoms with Gasteiger partial charge in [0.1, 0.15) is 12.4 Å². The third kappa shape index (κ3) is 4.61. The van der Waals surface area contributed by atoms with Gasteiger partial charge in [0.15, 0.2) is 0 Å². The third-order valence-electron chi connectivity index (χ3n) is 5.88. The van der Waals surface area contributed by atoms with Gasteiger partial charge in [0.2, 0.25) is 5.91 Å². The maximum absolute atomic E-state index is 13.4. The number of hydrogen-bond acceptors (Lipinski definition) is 5. The molecular formula is C24H29N5O2. The van der Waals surface area contributed by atoms with Gasteiger partial charge < -0.3 is 15.0 Å². The number of anilines is 1. The van der Waals surface area contributed by atoms with Gasteiger partial charge in [0.05, 0.1) is 16.8 Å². The molecule has 3 aromatic rings. The van der Waals surface area contributed by atoms with Crippen LogP contribution in [0.5, 0.6) is 5.75 Å². The minimum atomic E-state index is -0.532. The molecule has 1 unspecified atom stereocenters. The summed E-state index contributed by atoms with van der Waals surface area (Å²) in [5.74, 6) is 0.697. The molecule has 0 fully saturated rings. The quantitative estimate of drug-likeness (QED) is 0.612. The van der Waals surface area contributed by atoms with Crippen molar-refractivity contribution in [1.82, 2.24) is 20.1 Å². The zero-order valence-corrected chi connectivity index (χ0v) is 18.3. The van der Waals surface area contributed by atoms with Gasteiger partial charge in [-0.25, -0.2) is 0 Å². The van der Waals surface area contributed by atoms with E-state index in [0.717, 1.165) is 41.9 Å². The van der Waals surface area contributed by atoms with E-state index in [4.69, 9.17) is 4.74 Å². The Morgan fingerprint density at radius 2 is 2.00 bits per heavy atom. The highest BCUT2D eigenvalue weighted by Gasteiger charge is 2.39. The van der Waals surface area contributed by atoms with Gasteiger partial charge in [-0.05, 0) is 57.6 Å². The van der Waals surface area contributed by atoms with Crippen LogP contribution in [0.4, 0.5) is 5.69 Å². The molecule has 1 atom stereocenters. The second kappa shape index (κ2) is 8.89. The number of ether oxygens (including phenoxy) is 1. The first-order valence-electron chi connectivity index (χ1n) is 10.6. The lowest BCUT2D eigenvalue weighted by atomic mass is 9.73. The Labute approximate surface area is 182 Å². The fraction of sp³-hybridized carbons (Fsp3) is 0.375. The van der Waals surface area contributed by atoms with Crippen molar-refractivity contribution >= 4 is 11.6 Å². The summed E-state index contributed by atoms with van der Waals surface area (Å²) in [4.78, 5) is 19.5. The van der Waals surface area contributed by atoms with E-state index < -0.39 is 5.41 Å². The van der Waals surface area contributed by atoms with E-state index in [-0.39, 0.29) is 5.91 Å². The fourth-order valence-corrected chi connectivity index (χ4v) is 3.93. The third-order valence-corrected chi connectivity index (χ3v) is 5.88. The molecule has 2 aromatic heterocycles. The van der Waals surface area contributed by atoms with E-state index >= 15 is 0 Å². The molecule has 0 aliphatic heterocycles. The minimum Gasteiger partial charge on any atom is -0.490 e. The predicted octanol–water partition coefficient (Wildman–Crippen LogP) is 3.55. The van der Waals surface area contributed by atoms with Crippen LogP contribution in [-0.2, 0) is 17.6 Å². The molecule has 0 radical (unpaired) electrons. The zero-order chi connectivity index (χ0) is 21.8. The van der Waals surface area contributed by atoms with Gasteiger partial charge in [-0.3, -0.25) is 14.9 Å². The molecule has 1 aromatic carbocycles. The summed E-state index contributed by atoms with van der Waals surface area (Å²) < 4.78 is 5.91. The molecule has 4 rings (SSSR count). The van der Waals surface area contributed by atoms with Crippen LogP contribution in [0.1, 0.15) is 24.6 Å². The Kier molecular flexibility index (Phi) is 6.04. The number of benzene rings is 1. The van der Waals surface area contributed by atoms with Crippen LogP contribution in [-0.4, -0.2) is 53.2 Å². The monoisotopic (exact) mass is 419 g/mol. The summed E-state index contributed by atoms with van der Waals surface area (Å²) in [6, 6.07) is 11.5. The molecular weight excluding hydrogens is 390 g/mol. The standard InChI is InChI=1S/C24H29N5O2/c1-24(23(30)26-20-6-4-5-7-21(20)31-15-14-29(2)3)11-8-19-18(16-24)22(28-27-19)17-9-12-25-13-10-17/h4-7,9-10,12-13H,8,11,14-16H2,1-3H3,(H,26,30)(H,27,28). The number of nitrogens with zero attached hydrogens (tertiary/aromatic N) is 3. The topological polar surface area (TPSA) is 83.1 Å². The average molecular weight is 420 g/mol. The van der Waals surface area contributed by atoms with Crippen LogP contribution in [0, 0.1) is 5.41 Å². The highest BCUT2D eigenvalue weighted by Crippen LogP contribution is 2.40. The first-order valence-corrected chi connectivity index (χ1v) is 10.6. The van der Waals surface area contributed by atoms with Crippen molar-refractivity contribution < 1.29 is 9.53 Å². The molecule has 1 amide bonds. The van der Waals surface area contributed by atoms with Crippen molar-refractivity contribution in [2.24, 2.45) is 5.41 Å². The number of carbonyl (C=O) groups excluding carboxylic acids is 1. The Morgan fingerprint density at radius 3 is 2.77 bits per heavy atom. The van der Waals surface area contributed by atoms with E-state index in [1.165, 1.54) is 0 Å². The van der Waals surface area contributed by atoms with E-state index in [1.807, 2.05) is 57.4 Å². The number of rotatable bonds is 7. The van der Waals surface area contributed by atoms with Crippen molar-refractivity contribution in [2.45, 2.75) is 26.2 Å². The Morgan fingerprint density at radius 1 is 1.23 bits per heavy atom. The van der Waals surface area contributed by atoms with E-state index in [9.17, 15) is 4.79 Å². The van der Waals surface area contributed by atoms with Gasteiger partial charge >= 0.3 is 0 Å². The lowest BCUT2D eigenvalue weighted by molar-refractivity contribution is -0.125. The molecule has 7 heteroatoms. The number of aromatic amines is 1. The molecule has 7 nitrogen and oxygen atoms in total. The Bertz CT molecular complexity index is 1050. The summed E-state index contributed by atoms with van der Waals surface area (Å²) in [6.07, 6.45) is 5.70. The summed E-state index contributed by atoms with van der Waals surface area (Å²) in [5, 5.41) is 10.8. The number of fused-ring (bicyclic) bond motifs is 1. The van der Waals surface area contributed by atoms with Gasteiger partial charge in [0.25, 0.3) is 0 Å². The van der Waals surface area contributed by atoms with Crippen LogP contribution < -0.4 is 10.1 Å². The molecule has 1 aliphatic rings. The lowest BCUT2D eigenvalue weighted by Gasteiger charge is -2.32. The number of hydrogen-bond donors (Lipinski definition) is 2. The summed E-state index contributed by atoms with van der Waals surface area (Å²) in [5.41, 5.74) is 4.32. The number of amides is 1. The average Bonchev–Trinajstić information content (AvgIpc) is 3.18. The maximum atomic E-state index is 13.4. The van der Waals surface area contributed by atoms with Crippen molar-refractivity contribution in [3.63, 3.8) is 0 Å². The van der Waals surface area contributed by atoms with Crippen LogP contribution in [0.2, 0.25) is 0 Å². The minimum absolute atomic E-state index is 0.00341. The van der Waals surface area contributed by atoms with Crippen molar-refractivity contribution in [3.8, 4) is 17.0 Å². The van der Waals surface area contributed by atoms with Gasteiger partial charge in [-0.15, -0.1) is 0 Å². The van der Waals surface area contributed by atoms with Gasteiger partial charge in [-0.2, -0.15) is 5.10 Å². The second-order valence-corrected chi connectivity index (χ2v) is 8.60. The fourth-order valence-electron chi connectivity index (χ4n) is 3.93. The molecule has 1 aliphatic carbocycles. The summed E-state index contributed by atoms with van der Waals surface area (Å²) in [7, 11) is 4.01. The van der Waals surface area contributed by atoms with E-state index in [0.29, 0.717) is 24.5 Å². The number of likely N-dealkylation sites (N-methyl/N-ethyl adjacent to an activating group) is 1. The smallest absolute Gasteiger partial charge is 0.230 e. The summed E-state index contributed by atoms with van der Waals surface area (Å²) >= 11 is 0. The predicted molar refractivity (Wildman–Crippen MR) is 121 cm³/mol. The molecule has 0 spiro atoms. The molecule has 0 saturated heterocycles. The Hall–Kier alpha value is -3.19. The number of aromatic nitrogens is 3. The first kappa shape index (κ1) is 21.1. The number of carbonyl (C=O) groups is 1. The number of pyridine rings is 1. The SMILES string of the molecule is CN(C)CCOc1ccccc1NC(=O)C1(C)CCc2[nH]nc(-c3ccncc3)c2C1. The molecule has 0 saturated carbocycles. The van der Waals surface area contributed by atoms with E-state index in [1.54, 1.807) is 12.4 Å². The second-order valence-electron chi connectivity index (χ2n) is 8.60. The maximum Gasteiger partial charge on any atom is 0.230 e. The highest BCUT2D eigenvalue weighted by atomic mass is 16.5. The zero-order valence-electron chi connectivity index (χ0n) is 18.3. The van der Waals surface area contributed by atoms with Crippen molar-refractivity contribution in [3.05, 3.63) is 60.0 Å². The van der Waals surface area contributed by atoms with Gasteiger partial charge in [-0.1, -0.05) is 19.1 Å². The molecule has 0 bridgehead atoms. The molecule has 162 valence electrons. The van der Waals surface area contributed by atoms with Crippen molar-refractivity contribution in [1.29, 1.82) is 0 Å². The lowest BCUT2D eigenvalue weighted by Crippen LogP contribution is -2.38.